The average molecular weight is 358 g/mol. The van der Waals surface area contributed by atoms with Crippen LogP contribution in [0.15, 0.2) is 24.3 Å². The summed E-state index contributed by atoms with van der Waals surface area (Å²) in [5.74, 6) is -0.552. The number of carbonyl (C=O) groups is 1. The molecule has 0 radical (unpaired) electrons. The summed E-state index contributed by atoms with van der Waals surface area (Å²) >= 11 is 0. The van der Waals surface area contributed by atoms with Crippen LogP contribution in [0.25, 0.3) is 0 Å². The van der Waals surface area contributed by atoms with E-state index in [2.05, 4.69) is 16.8 Å². The molecular formula is C16H27N2O5P. The van der Waals surface area contributed by atoms with Crippen molar-refractivity contribution in [2.24, 2.45) is 5.73 Å². The van der Waals surface area contributed by atoms with Crippen molar-refractivity contribution in [2.45, 2.75) is 51.5 Å². The number of unbranched alkanes of at least 4 members (excludes halogenated alkanes) is 4. The summed E-state index contributed by atoms with van der Waals surface area (Å²) in [4.78, 5) is 29.1. The molecule has 0 heterocycles. The van der Waals surface area contributed by atoms with E-state index in [4.69, 9.17) is 15.5 Å². The smallest absolute Gasteiger partial charge is 0.325 e. The first-order valence-electron chi connectivity index (χ1n) is 8.17. The van der Waals surface area contributed by atoms with E-state index in [1.54, 1.807) is 6.07 Å². The molecule has 8 heteroatoms. The molecule has 1 aromatic carbocycles. The van der Waals surface area contributed by atoms with E-state index in [9.17, 15) is 9.36 Å². The van der Waals surface area contributed by atoms with E-state index in [1.165, 1.54) is 25.7 Å². The number of phosphoric acid groups is 1. The molecule has 0 unspecified atom stereocenters. The zero-order chi connectivity index (χ0) is 18.0. The Labute approximate surface area is 142 Å². The lowest BCUT2D eigenvalue weighted by molar-refractivity contribution is -0.118. The third kappa shape index (κ3) is 9.15. The van der Waals surface area contributed by atoms with E-state index >= 15 is 0 Å². The number of rotatable bonds is 11. The Balaban J connectivity index is 2.45. The third-order valence-electron chi connectivity index (χ3n) is 3.52. The lowest BCUT2D eigenvalue weighted by Gasteiger charge is -2.13. The van der Waals surface area contributed by atoms with Gasteiger partial charge in [-0.1, -0.05) is 44.7 Å². The standard InChI is InChI=1S/C16H27N2O5P/c1-2-3-4-5-6-8-13-9-7-10-14(11-13)18-16(19)15(17)12-23-24(20,21)22/h7,9-11,15H,2-6,8,12,17H2,1H3,(H,18,19)(H2,20,21,22)/t15-/m1/s1. The van der Waals surface area contributed by atoms with Crippen molar-refractivity contribution in [1.29, 1.82) is 0 Å². The molecule has 0 fully saturated rings. The van der Waals surface area contributed by atoms with Crippen molar-refractivity contribution < 1.29 is 23.7 Å². The average Bonchev–Trinajstić information content (AvgIpc) is 2.52. The Morgan fingerprint density at radius 1 is 1.29 bits per heavy atom. The van der Waals surface area contributed by atoms with Gasteiger partial charge in [0.2, 0.25) is 5.91 Å². The number of anilines is 1. The first-order valence-corrected chi connectivity index (χ1v) is 9.70. The molecule has 136 valence electrons. The monoisotopic (exact) mass is 358 g/mol. The van der Waals surface area contributed by atoms with E-state index in [0.717, 1.165) is 18.4 Å². The number of amides is 1. The summed E-state index contributed by atoms with van der Waals surface area (Å²) in [6.07, 6.45) is 6.95. The number of nitrogens with one attached hydrogen (secondary N) is 1. The highest BCUT2D eigenvalue weighted by molar-refractivity contribution is 7.46. The molecule has 0 aliphatic heterocycles. The van der Waals surface area contributed by atoms with Crippen molar-refractivity contribution in [3.05, 3.63) is 29.8 Å². The first-order chi connectivity index (χ1) is 11.3. The maximum atomic E-state index is 11.9. The van der Waals surface area contributed by atoms with E-state index < -0.39 is 26.4 Å². The van der Waals surface area contributed by atoms with Crippen molar-refractivity contribution in [3.63, 3.8) is 0 Å². The molecule has 5 N–H and O–H groups in total. The largest absolute Gasteiger partial charge is 0.469 e. The van der Waals surface area contributed by atoms with Gasteiger partial charge in [-0.3, -0.25) is 9.32 Å². The Morgan fingerprint density at radius 2 is 2.00 bits per heavy atom. The van der Waals surface area contributed by atoms with Gasteiger partial charge in [-0.15, -0.1) is 0 Å². The van der Waals surface area contributed by atoms with Crippen molar-refractivity contribution >= 4 is 19.4 Å². The van der Waals surface area contributed by atoms with Crippen LogP contribution in [0, 0.1) is 0 Å². The number of benzene rings is 1. The molecule has 24 heavy (non-hydrogen) atoms. The molecule has 0 spiro atoms. The van der Waals surface area contributed by atoms with E-state index in [0.29, 0.717) is 5.69 Å². The van der Waals surface area contributed by atoms with Crippen LogP contribution < -0.4 is 11.1 Å². The number of aryl methyl sites for hydroxylation is 1. The second kappa shape index (κ2) is 10.6. The van der Waals surface area contributed by atoms with Crippen LogP contribution in [-0.2, 0) is 20.3 Å². The molecule has 0 aromatic heterocycles. The molecule has 1 amide bonds. The van der Waals surface area contributed by atoms with Gasteiger partial charge in [0.05, 0.1) is 6.61 Å². The second-order valence-corrected chi connectivity index (χ2v) is 6.99. The highest BCUT2D eigenvalue weighted by atomic mass is 31.2. The van der Waals surface area contributed by atoms with Gasteiger partial charge in [-0.2, -0.15) is 0 Å². The zero-order valence-corrected chi connectivity index (χ0v) is 14.9. The fourth-order valence-corrected chi connectivity index (χ4v) is 2.58. The van der Waals surface area contributed by atoms with Crippen molar-refractivity contribution in [2.75, 3.05) is 11.9 Å². The molecule has 0 saturated heterocycles. The molecule has 0 saturated carbocycles. The lowest BCUT2D eigenvalue weighted by atomic mass is 10.0. The van der Waals surface area contributed by atoms with Gasteiger partial charge in [-0.25, -0.2) is 4.57 Å². The topological polar surface area (TPSA) is 122 Å². The molecule has 0 aliphatic rings. The highest BCUT2D eigenvalue weighted by Crippen LogP contribution is 2.35. The Kier molecular flexibility index (Phi) is 9.18. The number of hydrogen-bond donors (Lipinski definition) is 4. The summed E-state index contributed by atoms with van der Waals surface area (Å²) in [6.45, 7) is 1.63. The lowest BCUT2D eigenvalue weighted by Crippen LogP contribution is -2.39. The SMILES string of the molecule is CCCCCCCc1cccc(NC(=O)[C@H](N)COP(=O)(O)O)c1. The van der Waals surface area contributed by atoms with Crippen molar-refractivity contribution in [3.8, 4) is 0 Å². The predicted octanol–water partition coefficient (Wildman–Crippen LogP) is 2.57. The summed E-state index contributed by atoms with van der Waals surface area (Å²) < 4.78 is 14.9. The number of carbonyl (C=O) groups excluding carboxylic acids is 1. The minimum atomic E-state index is -4.63. The van der Waals surface area contributed by atoms with Gasteiger partial charge in [0.1, 0.15) is 6.04 Å². The summed E-state index contributed by atoms with van der Waals surface area (Å²) in [5, 5.41) is 2.63. The number of nitrogens with two attached hydrogens (primary N) is 1. The summed E-state index contributed by atoms with van der Waals surface area (Å²) in [6, 6.07) is 6.33. The van der Waals surface area contributed by atoms with Crippen LogP contribution in [0.4, 0.5) is 5.69 Å². The highest BCUT2D eigenvalue weighted by Gasteiger charge is 2.20. The van der Waals surface area contributed by atoms with Crippen LogP contribution in [0.2, 0.25) is 0 Å². The summed E-state index contributed by atoms with van der Waals surface area (Å²) in [5.41, 5.74) is 7.29. The normalized spacial score (nSPS) is 12.8. The molecule has 7 nitrogen and oxygen atoms in total. The van der Waals surface area contributed by atoms with Gasteiger partial charge in [0.15, 0.2) is 0 Å². The zero-order valence-electron chi connectivity index (χ0n) is 14.0. The van der Waals surface area contributed by atoms with Gasteiger partial charge < -0.3 is 20.8 Å². The second-order valence-electron chi connectivity index (χ2n) is 5.75. The van der Waals surface area contributed by atoms with Gasteiger partial charge in [-0.05, 0) is 30.5 Å². The van der Waals surface area contributed by atoms with Crippen LogP contribution in [-0.4, -0.2) is 28.3 Å². The quantitative estimate of drug-likeness (QED) is 0.356. The molecule has 1 aromatic rings. The minimum Gasteiger partial charge on any atom is -0.325 e. The number of phosphoric ester groups is 1. The summed E-state index contributed by atoms with van der Waals surface area (Å²) in [7, 11) is -4.63. The van der Waals surface area contributed by atoms with Gasteiger partial charge in [0, 0.05) is 5.69 Å². The fourth-order valence-electron chi connectivity index (χ4n) is 2.23. The fraction of sp³-hybridized carbons (Fsp3) is 0.562. The Bertz CT molecular complexity index is 561. The minimum absolute atomic E-state index is 0.548. The molecule has 0 bridgehead atoms. The van der Waals surface area contributed by atoms with Crippen LogP contribution >= 0.6 is 7.82 Å². The molecule has 1 rings (SSSR count). The van der Waals surface area contributed by atoms with Crippen LogP contribution in [0.1, 0.15) is 44.6 Å². The van der Waals surface area contributed by atoms with Crippen LogP contribution in [0.5, 0.6) is 0 Å². The Hall–Kier alpha value is -1.24. The molecule has 1 atom stereocenters. The maximum Gasteiger partial charge on any atom is 0.469 e. The van der Waals surface area contributed by atoms with E-state index in [1.807, 2.05) is 18.2 Å². The van der Waals surface area contributed by atoms with Gasteiger partial charge >= 0.3 is 7.82 Å². The van der Waals surface area contributed by atoms with E-state index in [-0.39, 0.29) is 0 Å². The Morgan fingerprint density at radius 3 is 2.67 bits per heavy atom. The predicted molar refractivity (Wildman–Crippen MR) is 93.5 cm³/mol. The van der Waals surface area contributed by atoms with Crippen molar-refractivity contribution in [1.82, 2.24) is 0 Å². The number of hydrogen-bond acceptors (Lipinski definition) is 4. The third-order valence-corrected chi connectivity index (χ3v) is 4.01. The first kappa shape index (κ1) is 20.8. The maximum absolute atomic E-state index is 11.9. The van der Waals surface area contributed by atoms with Crippen LogP contribution in [0.3, 0.4) is 0 Å². The molecular weight excluding hydrogens is 331 g/mol. The van der Waals surface area contributed by atoms with Gasteiger partial charge in [0.25, 0.3) is 0 Å². The molecule has 0 aliphatic carbocycles.